The number of phenolic OH excluding ortho intramolecular Hbond substituents is 2. The fourth-order valence-electron chi connectivity index (χ4n) is 4.96. The maximum Gasteiger partial charge on any atom is 0.165 e. The van der Waals surface area contributed by atoms with Crippen LogP contribution in [0.5, 0.6) is 23.0 Å². The van der Waals surface area contributed by atoms with E-state index in [1.165, 1.54) is 5.57 Å². The summed E-state index contributed by atoms with van der Waals surface area (Å²) in [6, 6.07) is 5.47. The van der Waals surface area contributed by atoms with Crippen LogP contribution in [-0.4, -0.2) is 27.0 Å². The minimum Gasteiger partial charge on any atom is -0.507 e. The van der Waals surface area contributed by atoms with Crippen molar-refractivity contribution in [2.75, 3.05) is 0 Å². The highest BCUT2D eigenvalue weighted by Crippen LogP contribution is 2.48. The van der Waals surface area contributed by atoms with Gasteiger partial charge in [0.15, 0.2) is 11.5 Å². The molecule has 2 aliphatic rings. The van der Waals surface area contributed by atoms with E-state index in [1.54, 1.807) is 12.1 Å². The zero-order valence-electron chi connectivity index (χ0n) is 21.7. The number of ether oxygens (including phenoxy) is 2. The highest BCUT2D eigenvalue weighted by molar-refractivity contribution is 5.58. The Morgan fingerprint density at radius 3 is 2.54 bits per heavy atom. The first-order valence-corrected chi connectivity index (χ1v) is 12.4. The summed E-state index contributed by atoms with van der Waals surface area (Å²) >= 11 is 0. The third-order valence-corrected chi connectivity index (χ3v) is 7.47. The van der Waals surface area contributed by atoms with Crippen molar-refractivity contribution in [1.82, 2.24) is 0 Å². The molecule has 0 unspecified atom stereocenters. The van der Waals surface area contributed by atoms with Crippen molar-refractivity contribution < 1.29 is 24.8 Å². The number of aryl methyl sites for hydroxylation is 1. The lowest BCUT2D eigenvalue weighted by molar-refractivity contribution is -0.0428. The molecule has 0 bridgehead atoms. The monoisotopic (exact) mass is 478 g/mol. The predicted octanol–water partition coefficient (Wildman–Crippen LogP) is 6.21. The number of fused-ring (bicyclic) bond motifs is 2. The first-order valence-electron chi connectivity index (χ1n) is 12.4. The fourth-order valence-corrected chi connectivity index (χ4v) is 4.96. The van der Waals surface area contributed by atoms with Crippen LogP contribution < -0.4 is 9.47 Å². The normalized spacial score (nSPS) is 20.7. The summed E-state index contributed by atoms with van der Waals surface area (Å²) < 4.78 is 12.5. The molecule has 2 aromatic rings. The van der Waals surface area contributed by atoms with Gasteiger partial charge in [-0.1, -0.05) is 31.6 Å². The molecule has 2 heterocycles. The van der Waals surface area contributed by atoms with Crippen molar-refractivity contribution in [2.24, 2.45) is 0 Å². The van der Waals surface area contributed by atoms with E-state index in [0.717, 1.165) is 40.7 Å². The Kier molecular flexibility index (Phi) is 6.43. The second-order valence-corrected chi connectivity index (χ2v) is 11.2. The average Bonchev–Trinajstić information content (AvgIpc) is 2.78. The Bertz CT molecular complexity index is 1180. The molecule has 188 valence electrons. The summed E-state index contributed by atoms with van der Waals surface area (Å²) in [6.45, 7) is 15.7. The van der Waals surface area contributed by atoms with Gasteiger partial charge in [-0.15, -0.1) is 6.58 Å². The van der Waals surface area contributed by atoms with E-state index in [2.05, 4.69) is 26.5 Å². The van der Waals surface area contributed by atoms with Crippen LogP contribution in [0.25, 0.3) is 0 Å². The molecule has 2 aliphatic heterocycles. The lowest BCUT2D eigenvalue weighted by atomic mass is 9.81. The molecule has 0 saturated heterocycles. The standard InChI is InChI=1S/C30H38O5/c1-8-29(4,5)22-13-18-10-12-25(34-26(18)16-23(22)31)20-14-24(32)28-21(19(20)11-9-17(2)3)15-27(33)30(6,7)35-28/h8-9,13-14,16,25,27,31-33H,1,10-12,15H2,2-7H3/t25-,27-/m0/s1. The van der Waals surface area contributed by atoms with Crippen molar-refractivity contribution in [3.63, 3.8) is 0 Å². The summed E-state index contributed by atoms with van der Waals surface area (Å²) in [5, 5.41) is 32.5. The number of aromatic hydroxyl groups is 2. The van der Waals surface area contributed by atoms with E-state index in [0.29, 0.717) is 24.3 Å². The maximum atomic E-state index is 11.0. The third kappa shape index (κ3) is 4.66. The summed E-state index contributed by atoms with van der Waals surface area (Å²) in [7, 11) is 0. The van der Waals surface area contributed by atoms with E-state index in [-0.39, 0.29) is 23.0 Å². The molecule has 2 atom stereocenters. The van der Waals surface area contributed by atoms with Crippen LogP contribution in [0.3, 0.4) is 0 Å². The molecule has 0 spiro atoms. The Labute approximate surface area is 208 Å². The van der Waals surface area contributed by atoms with Crippen molar-refractivity contribution in [2.45, 2.75) is 90.4 Å². The number of phenols is 2. The lowest BCUT2D eigenvalue weighted by Crippen LogP contribution is -2.46. The zero-order chi connectivity index (χ0) is 25.7. The number of aliphatic hydroxyl groups is 1. The quantitative estimate of drug-likeness (QED) is 0.445. The minimum atomic E-state index is -0.783. The van der Waals surface area contributed by atoms with E-state index in [4.69, 9.17) is 9.47 Å². The minimum absolute atomic E-state index is 0.0660. The van der Waals surface area contributed by atoms with E-state index in [1.807, 2.05) is 39.8 Å². The summed E-state index contributed by atoms with van der Waals surface area (Å²) in [5.41, 5.74) is 4.69. The highest BCUT2D eigenvalue weighted by Gasteiger charge is 2.39. The molecule has 0 fully saturated rings. The second-order valence-electron chi connectivity index (χ2n) is 11.2. The molecular weight excluding hydrogens is 440 g/mol. The van der Waals surface area contributed by atoms with Crippen LogP contribution >= 0.6 is 0 Å². The third-order valence-electron chi connectivity index (χ3n) is 7.47. The number of aliphatic hydroxyl groups excluding tert-OH is 1. The Hall–Kier alpha value is -2.92. The number of hydrogen-bond donors (Lipinski definition) is 3. The molecule has 35 heavy (non-hydrogen) atoms. The topological polar surface area (TPSA) is 79.2 Å². The number of rotatable bonds is 5. The molecule has 0 aromatic heterocycles. The fraction of sp³-hybridized carbons (Fsp3) is 0.467. The van der Waals surface area contributed by atoms with Gasteiger partial charge in [0, 0.05) is 34.6 Å². The molecule has 0 saturated carbocycles. The van der Waals surface area contributed by atoms with Crippen LogP contribution in [0.4, 0.5) is 0 Å². The number of allylic oxidation sites excluding steroid dienone is 3. The van der Waals surface area contributed by atoms with Gasteiger partial charge in [0.2, 0.25) is 0 Å². The molecule has 5 heteroatoms. The number of hydrogen-bond acceptors (Lipinski definition) is 5. The molecule has 0 radical (unpaired) electrons. The molecule has 0 aliphatic carbocycles. The first-order chi connectivity index (χ1) is 16.3. The zero-order valence-corrected chi connectivity index (χ0v) is 21.7. The maximum absolute atomic E-state index is 11.0. The van der Waals surface area contributed by atoms with Gasteiger partial charge in [-0.05, 0) is 70.2 Å². The average molecular weight is 479 g/mol. The van der Waals surface area contributed by atoms with Crippen molar-refractivity contribution >= 4 is 0 Å². The molecular formula is C30H38O5. The van der Waals surface area contributed by atoms with Crippen LogP contribution in [-0.2, 0) is 24.7 Å². The Morgan fingerprint density at radius 2 is 1.89 bits per heavy atom. The van der Waals surface area contributed by atoms with Gasteiger partial charge < -0.3 is 24.8 Å². The van der Waals surface area contributed by atoms with Crippen LogP contribution in [0.15, 0.2) is 42.5 Å². The lowest BCUT2D eigenvalue weighted by Gasteiger charge is -2.39. The Balaban J connectivity index is 1.78. The van der Waals surface area contributed by atoms with Crippen LogP contribution in [0, 0.1) is 0 Å². The van der Waals surface area contributed by atoms with Gasteiger partial charge in [-0.2, -0.15) is 0 Å². The van der Waals surface area contributed by atoms with Crippen molar-refractivity contribution in [3.05, 3.63) is 70.3 Å². The summed E-state index contributed by atoms with van der Waals surface area (Å²) in [4.78, 5) is 0. The molecule has 3 N–H and O–H groups in total. The predicted molar refractivity (Wildman–Crippen MR) is 139 cm³/mol. The van der Waals surface area contributed by atoms with Gasteiger partial charge in [0.1, 0.15) is 23.2 Å². The van der Waals surface area contributed by atoms with Crippen molar-refractivity contribution in [1.29, 1.82) is 0 Å². The largest absolute Gasteiger partial charge is 0.507 e. The van der Waals surface area contributed by atoms with Gasteiger partial charge in [0.05, 0.1) is 6.10 Å². The summed E-state index contributed by atoms with van der Waals surface area (Å²) in [6.07, 6.45) is 5.59. The molecule has 2 aromatic carbocycles. The highest BCUT2D eigenvalue weighted by atomic mass is 16.5. The SMILES string of the molecule is C=CC(C)(C)c1cc2c(cc1O)O[C@H](c1cc(O)c3c(c1CC=C(C)C)C[C@H](O)C(C)(C)O3)CC2. The van der Waals surface area contributed by atoms with Gasteiger partial charge in [0.25, 0.3) is 0 Å². The number of benzene rings is 2. The van der Waals surface area contributed by atoms with Gasteiger partial charge in [-0.25, -0.2) is 0 Å². The van der Waals surface area contributed by atoms with Crippen LogP contribution in [0.1, 0.15) is 81.9 Å². The summed E-state index contributed by atoms with van der Waals surface area (Å²) in [5.74, 6) is 1.36. The first kappa shape index (κ1) is 25.2. The van der Waals surface area contributed by atoms with E-state index in [9.17, 15) is 15.3 Å². The molecule has 0 amide bonds. The van der Waals surface area contributed by atoms with E-state index >= 15 is 0 Å². The van der Waals surface area contributed by atoms with Crippen molar-refractivity contribution in [3.8, 4) is 23.0 Å². The Morgan fingerprint density at radius 1 is 1.17 bits per heavy atom. The second kappa shape index (κ2) is 8.94. The van der Waals surface area contributed by atoms with Crippen LogP contribution in [0.2, 0.25) is 0 Å². The molecule has 5 nitrogen and oxygen atoms in total. The van der Waals surface area contributed by atoms with Gasteiger partial charge >= 0.3 is 0 Å². The molecule has 4 rings (SSSR count). The smallest absolute Gasteiger partial charge is 0.165 e. The van der Waals surface area contributed by atoms with E-state index < -0.39 is 11.7 Å². The van der Waals surface area contributed by atoms with Gasteiger partial charge in [-0.3, -0.25) is 0 Å².